The maximum Gasteiger partial charge on any atom is 0.315 e. The van der Waals surface area contributed by atoms with E-state index in [1.165, 1.54) is 9.58 Å². The van der Waals surface area contributed by atoms with Crippen LogP contribution in [0, 0.1) is 17.8 Å². The summed E-state index contributed by atoms with van der Waals surface area (Å²) in [6.07, 6.45) is 6.14. The van der Waals surface area contributed by atoms with Gasteiger partial charge in [0.1, 0.15) is 23.7 Å². The van der Waals surface area contributed by atoms with Gasteiger partial charge >= 0.3 is 6.03 Å². The molecule has 2 saturated carbocycles. The van der Waals surface area contributed by atoms with Gasteiger partial charge in [0.25, 0.3) is 11.5 Å². The number of nitrogens with one attached hydrogen (secondary N) is 4. The fourth-order valence-corrected chi connectivity index (χ4v) is 9.09. The van der Waals surface area contributed by atoms with Gasteiger partial charge in [0, 0.05) is 24.4 Å². The number of allylic oxidation sites excluding steroid dienone is 1. The van der Waals surface area contributed by atoms with E-state index in [-0.39, 0.29) is 49.2 Å². The van der Waals surface area contributed by atoms with Gasteiger partial charge < -0.3 is 25.6 Å². The molecule has 1 aromatic carbocycles. The first-order valence-electron chi connectivity index (χ1n) is 19.4. The van der Waals surface area contributed by atoms with Crippen molar-refractivity contribution >= 4 is 44.5 Å². The van der Waals surface area contributed by atoms with Crippen LogP contribution in [0.2, 0.25) is 0 Å². The van der Waals surface area contributed by atoms with Gasteiger partial charge in [-0.15, -0.1) is 5.10 Å². The SMILES string of the molecule is CCn1nc(O[C@@H]2C[C@H]3C(=O)N[C@]4(C(=O)NS(=O)(=O)C5(C)CC5)C[C@H]4C=CCC[C@H](C)C[C@@H](C)[C@H](NC(=O)NC(C)(C)C)C(=O)N3C2)c2ccccc2c1=O. The largest absolute Gasteiger partial charge is 0.471 e. The number of urea groups is 1. The third kappa shape index (κ3) is 8.38. The molecule has 3 heterocycles. The van der Waals surface area contributed by atoms with Crippen LogP contribution in [0.25, 0.3) is 10.8 Å². The van der Waals surface area contributed by atoms with Gasteiger partial charge in [0.05, 0.1) is 22.1 Å². The number of carbonyl (C=O) groups excluding carboxylic acids is 4. The van der Waals surface area contributed by atoms with Crippen LogP contribution in [0.4, 0.5) is 4.79 Å². The molecule has 2 aliphatic carbocycles. The van der Waals surface area contributed by atoms with Crippen molar-refractivity contribution in [3.8, 4) is 5.88 Å². The number of aryl methyl sites for hydroxylation is 1. The number of ether oxygens (including phenoxy) is 1. The fourth-order valence-electron chi connectivity index (χ4n) is 7.78. The predicted molar refractivity (Wildman–Crippen MR) is 206 cm³/mol. The van der Waals surface area contributed by atoms with Gasteiger partial charge in [-0.25, -0.2) is 17.9 Å². The third-order valence-corrected chi connectivity index (χ3v) is 13.6. The second-order valence-electron chi connectivity index (χ2n) is 17.3. The molecule has 6 rings (SSSR count). The van der Waals surface area contributed by atoms with Gasteiger partial charge in [-0.05, 0) is 97.1 Å². The van der Waals surface area contributed by atoms with Gasteiger partial charge in [-0.2, -0.15) is 0 Å². The quantitative estimate of drug-likeness (QED) is 0.305. The Morgan fingerprint density at radius 1 is 1.07 bits per heavy atom. The Morgan fingerprint density at radius 2 is 1.76 bits per heavy atom. The number of rotatable bonds is 7. The highest BCUT2D eigenvalue weighted by Gasteiger charge is 2.63. The molecule has 5 amide bonds. The van der Waals surface area contributed by atoms with Crippen molar-refractivity contribution in [2.45, 2.75) is 134 Å². The number of hydrogen-bond donors (Lipinski definition) is 4. The van der Waals surface area contributed by atoms with Crippen LogP contribution in [0.15, 0.2) is 41.2 Å². The summed E-state index contributed by atoms with van der Waals surface area (Å²) in [6, 6.07) is 4.22. The van der Waals surface area contributed by atoms with E-state index in [2.05, 4.69) is 32.7 Å². The van der Waals surface area contributed by atoms with Crippen molar-refractivity contribution in [1.29, 1.82) is 0 Å². The van der Waals surface area contributed by atoms with E-state index in [4.69, 9.17) is 4.74 Å². The van der Waals surface area contributed by atoms with E-state index in [1.807, 2.05) is 39.8 Å². The topological polar surface area (TPSA) is 198 Å². The Hall–Kier alpha value is -4.47. The van der Waals surface area contributed by atoms with Crippen molar-refractivity contribution in [3.63, 3.8) is 0 Å². The molecule has 0 bridgehead atoms. The lowest BCUT2D eigenvalue weighted by Gasteiger charge is -2.33. The van der Waals surface area contributed by atoms with Gasteiger partial charge in [-0.3, -0.25) is 23.9 Å². The molecule has 4 N–H and O–H groups in total. The summed E-state index contributed by atoms with van der Waals surface area (Å²) in [6.45, 7) is 13.1. The standard InChI is InChI=1S/C39H55N7O8S/c1-8-46-33(48)28-16-12-11-15-27(28)32(43-46)54-26-20-29-31(47)41-39(35(50)44-55(52,53)38(7)17-18-38)21-25(39)14-10-9-13-23(2)19-24(3)30(34(49)45(29)22-26)40-36(51)42-37(4,5)6/h10-12,14-16,23-26,29-30H,8-9,13,17-22H2,1-7H3,(H,41,47)(H,44,50)(H2,40,42,51)/t23-,24+,25+,26+,29-,30-,39+/m0/s1. The highest BCUT2D eigenvalue weighted by atomic mass is 32.2. The molecule has 2 aromatic rings. The highest BCUT2D eigenvalue weighted by Crippen LogP contribution is 2.47. The minimum Gasteiger partial charge on any atom is -0.471 e. The summed E-state index contributed by atoms with van der Waals surface area (Å²) < 4.78 is 35.3. The van der Waals surface area contributed by atoms with Crippen LogP contribution in [0.5, 0.6) is 5.88 Å². The Morgan fingerprint density at radius 3 is 2.42 bits per heavy atom. The Kier molecular flexibility index (Phi) is 10.9. The minimum atomic E-state index is -4.01. The van der Waals surface area contributed by atoms with Crippen LogP contribution < -0.4 is 31.0 Å². The lowest BCUT2D eigenvalue weighted by atomic mass is 9.88. The first-order valence-corrected chi connectivity index (χ1v) is 20.9. The van der Waals surface area contributed by atoms with Crippen LogP contribution in [-0.4, -0.2) is 87.4 Å². The summed E-state index contributed by atoms with van der Waals surface area (Å²) in [5.74, 6) is -2.42. The summed E-state index contributed by atoms with van der Waals surface area (Å²) >= 11 is 0. The summed E-state index contributed by atoms with van der Waals surface area (Å²) in [5.41, 5.74) is -2.41. The lowest BCUT2D eigenvalue weighted by molar-refractivity contribution is -0.142. The molecule has 2 aliphatic heterocycles. The fraction of sp³-hybridized carbons (Fsp3) is 0.641. The Bertz CT molecular complexity index is 2060. The van der Waals surface area contributed by atoms with E-state index >= 15 is 0 Å². The molecule has 1 aromatic heterocycles. The smallest absolute Gasteiger partial charge is 0.315 e. The monoisotopic (exact) mass is 781 g/mol. The number of nitrogens with zero attached hydrogens (tertiary/aromatic N) is 3. The van der Waals surface area contributed by atoms with E-state index in [0.29, 0.717) is 36.5 Å². The molecule has 7 atom stereocenters. The van der Waals surface area contributed by atoms with Crippen molar-refractivity contribution in [3.05, 3.63) is 46.8 Å². The molecular formula is C39H55N7O8S. The number of benzene rings is 1. The molecule has 3 fully saturated rings. The third-order valence-electron chi connectivity index (χ3n) is 11.4. The maximum atomic E-state index is 14.8. The number of aromatic nitrogens is 2. The van der Waals surface area contributed by atoms with Gasteiger partial charge in [0.15, 0.2) is 0 Å². The van der Waals surface area contributed by atoms with Crippen LogP contribution in [-0.2, 0) is 31.0 Å². The first kappa shape index (κ1) is 40.2. The molecule has 16 heteroatoms. The average Bonchev–Trinajstić information content (AvgIpc) is 3.99. The van der Waals surface area contributed by atoms with E-state index in [9.17, 15) is 32.4 Å². The predicted octanol–water partition coefficient (Wildman–Crippen LogP) is 3.12. The summed E-state index contributed by atoms with van der Waals surface area (Å²) in [5, 5.41) is 14.0. The van der Waals surface area contributed by atoms with Crippen molar-refractivity contribution < 1.29 is 32.3 Å². The van der Waals surface area contributed by atoms with Crippen molar-refractivity contribution in [2.75, 3.05) is 6.54 Å². The number of amides is 5. The zero-order valence-electron chi connectivity index (χ0n) is 32.8. The van der Waals surface area contributed by atoms with Gasteiger partial charge in [-0.1, -0.05) is 38.1 Å². The van der Waals surface area contributed by atoms with Crippen LogP contribution >= 0.6 is 0 Å². The second kappa shape index (κ2) is 14.9. The number of hydrogen-bond acceptors (Lipinski definition) is 9. The molecule has 300 valence electrons. The van der Waals surface area contributed by atoms with Crippen LogP contribution in [0.3, 0.4) is 0 Å². The van der Waals surface area contributed by atoms with Gasteiger partial charge in [0.2, 0.25) is 27.7 Å². The Labute approximate surface area is 322 Å². The maximum absolute atomic E-state index is 14.8. The molecule has 0 radical (unpaired) electrons. The molecular weight excluding hydrogens is 727 g/mol. The normalized spacial score (nSPS) is 29.5. The molecule has 1 saturated heterocycles. The van der Waals surface area contributed by atoms with E-state index in [1.54, 1.807) is 38.1 Å². The summed E-state index contributed by atoms with van der Waals surface area (Å²) in [7, 11) is -4.01. The zero-order chi connectivity index (χ0) is 40.1. The number of carbonyl (C=O) groups is 4. The van der Waals surface area contributed by atoms with Crippen molar-refractivity contribution in [2.24, 2.45) is 17.8 Å². The number of sulfonamides is 1. The molecule has 4 aliphatic rings. The molecule has 0 unspecified atom stereocenters. The molecule has 0 spiro atoms. The second-order valence-corrected chi connectivity index (χ2v) is 19.5. The zero-order valence-corrected chi connectivity index (χ0v) is 33.6. The van der Waals surface area contributed by atoms with Crippen LogP contribution in [0.1, 0.15) is 93.4 Å². The number of fused-ring (bicyclic) bond motifs is 3. The summed E-state index contributed by atoms with van der Waals surface area (Å²) in [4.78, 5) is 71.0. The molecule has 15 nitrogen and oxygen atoms in total. The minimum absolute atomic E-state index is 0.000895. The first-order chi connectivity index (χ1) is 25.8. The Balaban J connectivity index is 1.37. The highest BCUT2D eigenvalue weighted by molar-refractivity contribution is 7.91. The lowest BCUT2D eigenvalue weighted by Crippen LogP contribution is -2.60. The van der Waals surface area contributed by atoms with Crippen molar-refractivity contribution in [1.82, 2.24) is 35.4 Å². The molecule has 55 heavy (non-hydrogen) atoms. The van der Waals surface area contributed by atoms with E-state index in [0.717, 1.165) is 6.42 Å². The average molecular weight is 782 g/mol. The van der Waals surface area contributed by atoms with E-state index < -0.39 is 73.7 Å².